The highest BCUT2D eigenvalue weighted by Crippen LogP contribution is 2.29. The number of nitrogens with two attached hydrogens (primary N) is 1. The molecule has 0 spiro atoms. The zero-order valence-corrected chi connectivity index (χ0v) is 16.2. The van der Waals surface area contributed by atoms with Crippen LogP contribution in [-0.2, 0) is 0 Å². The van der Waals surface area contributed by atoms with Crippen LogP contribution in [0.25, 0.3) is 0 Å². The summed E-state index contributed by atoms with van der Waals surface area (Å²) >= 11 is 0. The number of alkyl halides is 3. The number of nitrogens with one attached hydrogen (secondary N) is 1. The zero-order valence-electron chi connectivity index (χ0n) is 13.9. The van der Waals surface area contributed by atoms with E-state index in [0.29, 0.717) is 5.75 Å². The first kappa shape index (κ1) is 21.9. The minimum absolute atomic E-state index is 0. The molecular formula is C17H19F3IN3O2. The van der Waals surface area contributed by atoms with Crippen LogP contribution in [0.2, 0.25) is 0 Å². The van der Waals surface area contributed by atoms with Crippen molar-refractivity contribution in [2.24, 2.45) is 10.7 Å². The third kappa shape index (κ3) is 7.81. The largest absolute Gasteiger partial charge is 0.573 e. The number of nitrogens with zero attached hydrogens (tertiary/aromatic N) is 1. The van der Waals surface area contributed by atoms with Gasteiger partial charge in [-0.2, -0.15) is 0 Å². The summed E-state index contributed by atoms with van der Waals surface area (Å²) in [5.41, 5.74) is 6.88. The van der Waals surface area contributed by atoms with Crippen molar-refractivity contribution in [3.63, 3.8) is 0 Å². The van der Waals surface area contributed by atoms with Crippen molar-refractivity contribution in [2.45, 2.75) is 13.3 Å². The molecule has 0 atom stereocenters. The van der Waals surface area contributed by atoms with Gasteiger partial charge in [0.1, 0.15) is 12.4 Å². The van der Waals surface area contributed by atoms with Gasteiger partial charge in [0, 0.05) is 0 Å². The van der Waals surface area contributed by atoms with Gasteiger partial charge in [0.2, 0.25) is 0 Å². The van der Waals surface area contributed by atoms with Gasteiger partial charge in [-0.15, -0.1) is 37.1 Å². The van der Waals surface area contributed by atoms with Crippen molar-refractivity contribution in [3.8, 4) is 11.5 Å². The van der Waals surface area contributed by atoms with Crippen LogP contribution in [0.5, 0.6) is 11.5 Å². The molecule has 0 aromatic heterocycles. The fraction of sp³-hybridized carbons (Fsp3) is 0.235. The average Bonchev–Trinajstić information content (AvgIpc) is 2.54. The standard InChI is InChI=1S/C17H18F3N3O2.HI/c1-12-6-8-13(9-7-12)24-11-10-22-16(21)23-14-4-2-3-5-15(14)25-17(18,19)20;/h2-9H,10-11H2,1H3,(H3,21,22,23);1H. The highest BCUT2D eigenvalue weighted by molar-refractivity contribution is 14.0. The fourth-order valence-electron chi connectivity index (χ4n) is 1.93. The summed E-state index contributed by atoms with van der Waals surface area (Å²) in [6.07, 6.45) is -4.79. The van der Waals surface area contributed by atoms with Crippen LogP contribution in [0.1, 0.15) is 5.56 Å². The Morgan fingerprint density at radius 3 is 2.42 bits per heavy atom. The average molecular weight is 481 g/mol. The molecule has 0 heterocycles. The predicted octanol–water partition coefficient (Wildman–Crippen LogP) is 4.32. The van der Waals surface area contributed by atoms with Gasteiger partial charge in [-0.3, -0.25) is 0 Å². The van der Waals surface area contributed by atoms with E-state index in [9.17, 15) is 13.2 Å². The van der Waals surface area contributed by atoms with E-state index in [1.807, 2.05) is 31.2 Å². The number of rotatable bonds is 6. The Kier molecular flexibility index (Phi) is 8.49. The Labute approximate surface area is 166 Å². The van der Waals surface area contributed by atoms with E-state index in [1.54, 1.807) is 6.07 Å². The second kappa shape index (κ2) is 10.1. The normalized spacial score (nSPS) is 11.5. The lowest BCUT2D eigenvalue weighted by molar-refractivity contribution is -0.274. The number of ether oxygens (including phenoxy) is 2. The molecule has 26 heavy (non-hydrogen) atoms. The number of aliphatic imine (C=N–C) groups is 1. The lowest BCUT2D eigenvalue weighted by atomic mass is 10.2. The van der Waals surface area contributed by atoms with Crippen molar-refractivity contribution < 1.29 is 22.6 Å². The van der Waals surface area contributed by atoms with Gasteiger partial charge < -0.3 is 20.5 Å². The number of hydrogen-bond donors (Lipinski definition) is 2. The number of para-hydroxylation sites is 2. The molecule has 0 aliphatic carbocycles. The summed E-state index contributed by atoms with van der Waals surface area (Å²) in [6.45, 7) is 2.50. The summed E-state index contributed by atoms with van der Waals surface area (Å²) < 4.78 is 46.5. The number of halogens is 4. The SMILES string of the molecule is Cc1ccc(OCCN=C(N)Nc2ccccc2OC(F)(F)F)cc1.I. The summed E-state index contributed by atoms with van der Waals surface area (Å²) in [4.78, 5) is 4.01. The number of benzene rings is 2. The van der Waals surface area contributed by atoms with Crippen molar-refractivity contribution in [1.29, 1.82) is 0 Å². The van der Waals surface area contributed by atoms with Crippen LogP contribution in [-0.4, -0.2) is 25.5 Å². The van der Waals surface area contributed by atoms with Gasteiger partial charge in [-0.1, -0.05) is 29.8 Å². The maximum atomic E-state index is 12.4. The molecule has 0 fully saturated rings. The topological polar surface area (TPSA) is 68.9 Å². The summed E-state index contributed by atoms with van der Waals surface area (Å²) in [6, 6.07) is 13.1. The number of aryl methyl sites for hydroxylation is 1. The molecule has 0 unspecified atom stereocenters. The lowest BCUT2D eigenvalue weighted by Gasteiger charge is -2.14. The molecule has 2 aromatic rings. The van der Waals surface area contributed by atoms with Gasteiger partial charge in [0.15, 0.2) is 11.7 Å². The maximum absolute atomic E-state index is 12.4. The third-order valence-corrected chi connectivity index (χ3v) is 3.04. The van der Waals surface area contributed by atoms with Crippen molar-refractivity contribution in [1.82, 2.24) is 0 Å². The Hall–Kier alpha value is -2.17. The van der Waals surface area contributed by atoms with Crippen molar-refractivity contribution in [3.05, 3.63) is 54.1 Å². The van der Waals surface area contributed by atoms with E-state index in [-0.39, 0.29) is 54.5 Å². The number of guanidine groups is 1. The Morgan fingerprint density at radius 2 is 1.77 bits per heavy atom. The molecule has 2 rings (SSSR count). The smallest absolute Gasteiger partial charge is 0.492 e. The van der Waals surface area contributed by atoms with Crippen LogP contribution in [0.3, 0.4) is 0 Å². The predicted molar refractivity (Wildman–Crippen MR) is 105 cm³/mol. The first-order valence-corrected chi connectivity index (χ1v) is 7.45. The molecule has 0 bridgehead atoms. The van der Waals surface area contributed by atoms with Crippen molar-refractivity contribution in [2.75, 3.05) is 18.5 Å². The van der Waals surface area contributed by atoms with Crippen LogP contribution < -0.4 is 20.5 Å². The van der Waals surface area contributed by atoms with Gasteiger partial charge >= 0.3 is 6.36 Å². The Bertz CT molecular complexity index is 722. The summed E-state index contributed by atoms with van der Waals surface area (Å²) in [5.74, 6) is 0.283. The molecule has 0 radical (unpaired) electrons. The van der Waals surface area contributed by atoms with Crippen molar-refractivity contribution >= 4 is 35.6 Å². The molecule has 0 saturated heterocycles. The molecule has 0 amide bonds. The molecule has 0 saturated carbocycles. The number of anilines is 1. The van der Waals surface area contributed by atoms with Crippen LogP contribution >= 0.6 is 24.0 Å². The molecule has 0 aliphatic rings. The van der Waals surface area contributed by atoms with Gasteiger partial charge in [0.25, 0.3) is 0 Å². The van der Waals surface area contributed by atoms with Crippen LogP contribution in [0.15, 0.2) is 53.5 Å². The molecule has 3 N–H and O–H groups in total. The maximum Gasteiger partial charge on any atom is 0.573 e. The molecule has 2 aromatic carbocycles. The lowest BCUT2D eigenvalue weighted by Crippen LogP contribution is -2.25. The third-order valence-electron chi connectivity index (χ3n) is 3.04. The van der Waals surface area contributed by atoms with Crippen LogP contribution in [0.4, 0.5) is 18.9 Å². The summed E-state index contributed by atoms with van der Waals surface area (Å²) in [5, 5.41) is 2.59. The van der Waals surface area contributed by atoms with E-state index in [0.717, 1.165) is 5.56 Å². The zero-order chi connectivity index (χ0) is 18.3. The monoisotopic (exact) mass is 481 g/mol. The summed E-state index contributed by atoms with van der Waals surface area (Å²) in [7, 11) is 0. The highest BCUT2D eigenvalue weighted by Gasteiger charge is 2.32. The second-order valence-corrected chi connectivity index (χ2v) is 5.10. The quantitative estimate of drug-likeness (QED) is 0.279. The molecule has 9 heteroatoms. The first-order valence-electron chi connectivity index (χ1n) is 7.45. The Balaban J connectivity index is 0.00000338. The second-order valence-electron chi connectivity index (χ2n) is 5.10. The molecule has 0 aliphatic heterocycles. The van der Waals surface area contributed by atoms with E-state index < -0.39 is 6.36 Å². The highest BCUT2D eigenvalue weighted by atomic mass is 127. The van der Waals surface area contributed by atoms with Gasteiger partial charge in [0.05, 0.1) is 12.2 Å². The van der Waals surface area contributed by atoms with E-state index in [1.165, 1.54) is 18.2 Å². The first-order chi connectivity index (χ1) is 11.8. The van der Waals surface area contributed by atoms with Gasteiger partial charge in [-0.25, -0.2) is 4.99 Å². The molecular weight excluding hydrogens is 462 g/mol. The van der Waals surface area contributed by atoms with E-state index >= 15 is 0 Å². The van der Waals surface area contributed by atoms with E-state index in [2.05, 4.69) is 15.0 Å². The molecule has 5 nitrogen and oxygen atoms in total. The van der Waals surface area contributed by atoms with E-state index in [4.69, 9.17) is 10.5 Å². The van der Waals surface area contributed by atoms with Crippen LogP contribution in [0, 0.1) is 6.92 Å². The Morgan fingerprint density at radius 1 is 1.12 bits per heavy atom. The molecule has 142 valence electrons. The minimum Gasteiger partial charge on any atom is -0.492 e. The fourth-order valence-corrected chi connectivity index (χ4v) is 1.93. The minimum atomic E-state index is -4.79. The number of hydrogen-bond acceptors (Lipinski definition) is 3. The van der Waals surface area contributed by atoms with Gasteiger partial charge in [-0.05, 0) is 31.2 Å².